The van der Waals surface area contributed by atoms with E-state index < -0.39 is 0 Å². The van der Waals surface area contributed by atoms with E-state index in [1.54, 1.807) is 11.3 Å². The maximum absolute atomic E-state index is 9.47. The van der Waals surface area contributed by atoms with Gasteiger partial charge in [-0.3, -0.25) is 9.80 Å². The summed E-state index contributed by atoms with van der Waals surface area (Å²) in [4.78, 5) is 9.67. The first-order chi connectivity index (χ1) is 12.0. The zero-order valence-corrected chi connectivity index (χ0v) is 16.3. The normalized spacial score (nSPS) is 19.8. The number of aryl methyl sites for hydroxylation is 1. The number of rotatable bonds is 7. The Kier molecular flexibility index (Phi) is 6.28. The third-order valence-corrected chi connectivity index (χ3v) is 5.68. The summed E-state index contributed by atoms with van der Waals surface area (Å²) in [7, 11) is 0. The highest BCUT2D eigenvalue weighted by Gasteiger charge is 2.27. The van der Waals surface area contributed by atoms with E-state index in [0.717, 1.165) is 50.7 Å². The zero-order valence-electron chi connectivity index (χ0n) is 15.4. The van der Waals surface area contributed by atoms with Crippen molar-refractivity contribution in [3.8, 4) is 0 Å². The molecule has 2 aromatic rings. The molecule has 1 aliphatic heterocycles. The Bertz CT molecular complexity index is 667. The molecule has 25 heavy (non-hydrogen) atoms. The van der Waals surface area contributed by atoms with Crippen LogP contribution in [0.1, 0.15) is 48.4 Å². The molecule has 0 bridgehead atoms. The SMILES string of the molecule is Cc1ccc(CN2CCN(Cc3nc(C(C)C)cs3)C[C@@H]2CCO)o1. The first-order valence-corrected chi connectivity index (χ1v) is 10.00. The first kappa shape index (κ1) is 18.6. The molecule has 0 saturated carbocycles. The van der Waals surface area contributed by atoms with Crippen LogP contribution in [0.15, 0.2) is 21.9 Å². The van der Waals surface area contributed by atoms with Crippen molar-refractivity contribution in [2.75, 3.05) is 26.2 Å². The van der Waals surface area contributed by atoms with Gasteiger partial charge in [0.2, 0.25) is 0 Å². The lowest BCUT2D eigenvalue weighted by atomic mass is 10.1. The third-order valence-electron chi connectivity index (χ3n) is 4.83. The van der Waals surface area contributed by atoms with Gasteiger partial charge in [-0.15, -0.1) is 11.3 Å². The number of furan rings is 1. The van der Waals surface area contributed by atoms with Crippen LogP contribution in [0, 0.1) is 6.92 Å². The molecule has 1 fully saturated rings. The van der Waals surface area contributed by atoms with Crippen LogP contribution in [0.5, 0.6) is 0 Å². The summed E-state index contributed by atoms with van der Waals surface area (Å²) >= 11 is 1.76. The maximum atomic E-state index is 9.47. The van der Waals surface area contributed by atoms with Gasteiger partial charge >= 0.3 is 0 Å². The Morgan fingerprint density at radius 3 is 2.80 bits per heavy atom. The molecule has 0 aromatic carbocycles. The fraction of sp³-hybridized carbons (Fsp3) is 0.632. The van der Waals surface area contributed by atoms with Crippen LogP contribution >= 0.6 is 11.3 Å². The molecule has 0 amide bonds. The van der Waals surface area contributed by atoms with E-state index in [4.69, 9.17) is 9.40 Å². The Morgan fingerprint density at radius 2 is 2.16 bits per heavy atom. The monoisotopic (exact) mass is 363 g/mol. The molecule has 0 radical (unpaired) electrons. The van der Waals surface area contributed by atoms with Crippen molar-refractivity contribution in [2.24, 2.45) is 0 Å². The summed E-state index contributed by atoms with van der Waals surface area (Å²) in [6, 6.07) is 4.43. The van der Waals surface area contributed by atoms with Gasteiger partial charge in [0.15, 0.2) is 0 Å². The van der Waals surface area contributed by atoms with Crippen molar-refractivity contribution < 1.29 is 9.52 Å². The summed E-state index contributed by atoms with van der Waals surface area (Å²) in [5.41, 5.74) is 1.19. The third kappa shape index (κ3) is 4.91. The molecule has 5 nitrogen and oxygen atoms in total. The minimum Gasteiger partial charge on any atom is -0.465 e. The standard InChI is InChI=1S/C19H29N3O2S/c1-14(2)18-13-25-19(20-18)12-21-7-8-22(16(10-21)6-9-23)11-17-5-4-15(3)24-17/h4-5,13-14,16,23H,6-12H2,1-3H3/t16-/m0/s1. The second-order valence-corrected chi connectivity index (χ2v) is 8.15. The van der Waals surface area contributed by atoms with Crippen molar-refractivity contribution in [3.63, 3.8) is 0 Å². The summed E-state index contributed by atoms with van der Waals surface area (Å²) in [6.45, 7) is 11.3. The van der Waals surface area contributed by atoms with Gasteiger partial charge in [0.25, 0.3) is 0 Å². The lowest BCUT2D eigenvalue weighted by Gasteiger charge is -2.40. The molecule has 0 unspecified atom stereocenters. The highest BCUT2D eigenvalue weighted by molar-refractivity contribution is 7.09. The summed E-state index contributed by atoms with van der Waals surface area (Å²) < 4.78 is 5.73. The van der Waals surface area contributed by atoms with E-state index in [0.29, 0.717) is 12.0 Å². The maximum Gasteiger partial charge on any atom is 0.118 e. The van der Waals surface area contributed by atoms with E-state index in [9.17, 15) is 5.11 Å². The average molecular weight is 364 g/mol. The van der Waals surface area contributed by atoms with Crippen molar-refractivity contribution in [3.05, 3.63) is 39.7 Å². The number of nitrogens with zero attached hydrogens (tertiary/aromatic N) is 3. The smallest absolute Gasteiger partial charge is 0.118 e. The molecular formula is C19H29N3O2S. The summed E-state index contributed by atoms with van der Waals surface area (Å²) in [5, 5.41) is 12.8. The summed E-state index contributed by atoms with van der Waals surface area (Å²) in [5.74, 6) is 2.45. The van der Waals surface area contributed by atoms with E-state index in [2.05, 4.69) is 35.1 Å². The number of aliphatic hydroxyl groups excluding tert-OH is 1. The van der Waals surface area contributed by atoms with Crippen molar-refractivity contribution in [1.82, 2.24) is 14.8 Å². The molecule has 1 aliphatic rings. The number of piperazine rings is 1. The van der Waals surface area contributed by atoms with Crippen molar-refractivity contribution in [2.45, 2.75) is 52.2 Å². The lowest BCUT2D eigenvalue weighted by molar-refractivity contribution is 0.0454. The van der Waals surface area contributed by atoms with E-state index in [1.807, 2.05) is 13.0 Å². The number of hydrogen-bond donors (Lipinski definition) is 1. The van der Waals surface area contributed by atoms with E-state index in [-0.39, 0.29) is 6.61 Å². The van der Waals surface area contributed by atoms with Crippen LogP contribution in [0.2, 0.25) is 0 Å². The molecular weight excluding hydrogens is 334 g/mol. The number of thiazole rings is 1. The minimum atomic E-state index is 0.223. The van der Waals surface area contributed by atoms with Crippen molar-refractivity contribution in [1.29, 1.82) is 0 Å². The molecule has 2 aromatic heterocycles. The Morgan fingerprint density at radius 1 is 1.32 bits per heavy atom. The average Bonchev–Trinajstić information content (AvgIpc) is 3.19. The fourth-order valence-electron chi connectivity index (χ4n) is 3.36. The van der Waals surface area contributed by atoms with Gasteiger partial charge in [0.1, 0.15) is 16.5 Å². The molecule has 3 rings (SSSR count). The van der Waals surface area contributed by atoms with Crippen LogP contribution < -0.4 is 0 Å². The highest BCUT2D eigenvalue weighted by atomic mass is 32.1. The van der Waals surface area contributed by atoms with Gasteiger partial charge in [0.05, 0.1) is 18.8 Å². The van der Waals surface area contributed by atoms with Gasteiger partial charge in [0, 0.05) is 37.7 Å². The fourth-order valence-corrected chi connectivity index (χ4v) is 4.35. The molecule has 0 aliphatic carbocycles. The van der Waals surface area contributed by atoms with Crippen LogP contribution in [-0.4, -0.2) is 52.2 Å². The number of hydrogen-bond acceptors (Lipinski definition) is 6. The molecule has 6 heteroatoms. The molecule has 0 spiro atoms. The largest absolute Gasteiger partial charge is 0.465 e. The minimum absolute atomic E-state index is 0.223. The number of aromatic nitrogens is 1. The second-order valence-electron chi connectivity index (χ2n) is 7.20. The van der Waals surface area contributed by atoms with Crippen LogP contribution in [0.25, 0.3) is 0 Å². The molecule has 1 N–H and O–H groups in total. The molecule has 138 valence electrons. The molecule has 3 heterocycles. The topological polar surface area (TPSA) is 52.7 Å². The van der Waals surface area contributed by atoms with Crippen LogP contribution in [0.4, 0.5) is 0 Å². The van der Waals surface area contributed by atoms with Gasteiger partial charge < -0.3 is 9.52 Å². The Labute approximate surface area is 154 Å². The quantitative estimate of drug-likeness (QED) is 0.818. The van der Waals surface area contributed by atoms with Gasteiger partial charge in [-0.2, -0.15) is 0 Å². The highest BCUT2D eigenvalue weighted by Crippen LogP contribution is 2.22. The Hall–Kier alpha value is -1.21. The summed E-state index contributed by atoms with van der Waals surface area (Å²) in [6.07, 6.45) is 0.797. The van der Waals surface area contributed by atoms with Crippen LogP contribution in [0.3, 0.4) is 0 Å². The second kappa shape index (κ2) is 8.45. The lowest BCUT2D eigenvalue weighted by Crippen LogP contribution is -2.52. The first-order valence-electron chi connectivity index (χ1n) is 9.12. The van der Waals surface area contributed by atoms with Gasteiger partial charge in [-0.25, -0.2) is 4.98 Å². The van der Waals surface area contributed by atoms with Crippen molar-refractivity contribution >= 4 is 11.3 Å². The zero-order chi connectivity index (χ0) is 17.8. The molecule has 1 saturated heterocycles. The van der Waals surface area contributed by atoms with Gasteiger partial charge in [-0.05, 0) is 31.4 Å². The van der Waals surface area contributed by atoms with E-state index in [1.165, 1.54) is 10.7 Å². The number of aliphatic hydroxyl groups is 1. The van der Waals surface area contributed by atoms with Crippen LogP contribution in [-0.2, 0) is 13.1 Å². The van der Waals surface area contributed by atoms with E-state index >= 15 is 0 Å². The Balaban J connectivity index is 1.59. The predicted molar refractivity (Wildman–Crippen MR) is 101 cm³/mol. The van der Waals surface area contributed by atoms with Gasteiger partial charge in [-0.1, -0.05) is 13.8 Å². The molecule has 1 atom stereocenters. The predicted octanol–water partition coefficient (Wildman–Crippen LogP) is 3.24.